The molecule has 1 aromatic carbocycles. The van der Waals surface area contributed by atoms with Crippen molar-refractivity contribution < 1.29 is 52.0 Å². The highest BCUT2D eigenvalue weighted by atomic mass is 127. The van der Waals surface area contributed by atoms with Gasteiger partial charge < -0.3 is 46.9 Å². The molecule has 57 heavy (non-hydrogen) atoms. The molecule has 10 N–H and O–H groups in total. The van der Waals surface area contributed by atoms with Gasteiger partial charge in [-0.3, -0.25) is 33.9 Å². The molecule has 1 aliphatic heterocycles. The Hall–Kier alpha value is -3.58. The Kier molecular flexibility index (Phi) is 22.8. The number of ether oxygens (including phenoxy) is 2. The number of fused-ring (bicyclic) bond motifs is 1. The minimum Gasteiger partial charge on any atom is -0.487 e. The van der Waals surface area contributed by atoms with Crippen LogP contribution in [-0.4, -0.2) is 131 Å². The van der Waals surface area contributed by atoms with Gasteiger partial charge in [0.1, 0.15) is 23.4 Å². The summed E-state index contributed by atoms with van der Waals surface area (Å²) in [4.78, 5) is 64.4. The third kappa shape index (κ3) is 17.8. The summed E-state index contributed by atoms with van der Waals surface area (Å²) in [6.07, 6.45) is 1.68. The van der Waals surface area contributed by atoms with Crippen molar-refractivity contribution >= 4 is 76.5 Å². The van der Waals surface area contributed by atoms with E-state index in [1.165, 1.54) is 18.9 Å². The SMILES string of the molecule is CC(=O)NCC(=O)C[C@H](CCCN=C(N)NS(=O)(=O)c1c(C)c(C)c2c(c1C)CCC(C)(C)O2)C(=O)NC[C@@H](C(=O)O)N(C)C.COC(=O)[C@@H](N)CNB(C)O.I. The molecule has 1 aromatic rings. The minimum absolute atomic E-state index is 0. The van der Waals surface area contributed by atoms with Crippen molar-refractivity contribution in [3.8, 4) is 5.75 Å². The number of guanidine groups is 1. The highest BCUT2D eigenvalue weighted by Gasteiger charge is 2.34. The van der Waals surface area contributed by atoms with Crippen LogP contribution in [0.5, 0.6) is 5.75 Å². The maximum atomic E-state index is 13.5. The third-order valence-electron chi connectivity index (χ3n) is 9.06. The number of ketones is 1. The van der Waals surface area contributed by atoms with Crippen LogP contribution in [0.15, 0.2) is 9.89 Å². The van der Waals surface area contributed by atoms with Gasteiger partial charge in [0, 0.05) is 38.9 Å². The summed E-state index contributed by atoms with van der Waals surface area (Å²) in [7, 11) is -0.341. The van der Waals surface area contributed by atoms with Crippen LogP contribution >= 0.6 is 24.0 Å². The molecule has 2 amide bonds. The number of halogens is 1. The number of carbonyl (C=O) groups is 5. The minimum atomic E-state index is -4.09. The number of hydrogen-bond acceptors (Lipinski definition) is 14. The predicted octanol–water partition coefficient (Wildman–Crippen LogP) is -0.264. The molecule has 0 spiro atoms. The fraction of sp³-hybridized carbons (Fsp3) is 0.657. The lowest BCUT2D eigenvalue weighted by Crippen LogP contribution is -2.47. The molecule has 22 heteroatoms. The van der Waals surface area contributed by atoms with Crippen molar-refractivity contribution in [2.45, 2.75) is 103 Å². The van der Waals surface area contributed by atoms with Gasteiger partial charge in [-0.1, -0.05) is 0 Å². The number of likely N-dealkylation sites (N-methyl/N-ethyl adjacent to an activating group) is 1. The summed E-state index contributed by atoms with van der Waals surface area (Å²) < 4.78 is 39.8. The van der Waals surface area contributed by atoms with Gasteiger partial charge in [0.05, 0.1) is 18.6 Å². The average Bonchev–Trinajstić information content (AvgIpc) is 3.08. The molecule has 2 rings (SSSR count). The van der Waals surface area contributed by atoms with Gasteiger partial charge in [-0.05, 0) is 103 Å². The number of carboxylic acid groups (broad SMARTS) is 1. The summed E-state index contributed by atoms with van der Waals surface area (Å²) in [5.74, 6) is -3.30. The van der Waals surface area contributed by atoms with Gasteiger partial charge in [-0.15, -0.1) is 24.0 Å². The number of nitrogens with one attached hydrogen (secondary N) is 4. The zero-order valence-corrected chi connectivity index (χ0v) is 37.8. The molecular weight excluding hydrogens is 878 g/mol. The molecule has 19 nitrogen and oxygen atoms in total. The molecular formula is C35H62BIN8O11S. The van der Waals surface area contributed by atoms with E-state index >= 15 is 0 Å². The smallest absolute Gasteiger partial charge is 0.373 e. The summed E-state index contributed by atoms with van der Waals surface area (Å²) in [5, 5.41) is 25.7. The van der Waals surface area contributed by atoms with Crippen LogP contribution in [0, 0.1) is 26.7 Å². The maximum absolute atomic E-state index is 13.5. The van der Waals surface area contributed by atoms with E-state index in [1.54, 1.807) is 34.8 Å². The standard InChI is InChI=1S/C30H48N6O8S.C5H13BN2O3.HI/c1-17-18(2)26(19(3)23-11-12-30(5,6)44-25(17)23)45(42,43)35-29(31)32-13-9-10-21(14-22(38)15-33-20(4)37)27(39)34-16-24(28(40)41)36(7)8;1-6(10)8-3-4(7)5(9)11-2;/h21,24H,9-16H2,1-8H3,(H,33,37)(H,34,39)(H,40,41)(H3,31,32,35);4,8,10H,3,7H2,1-2H3;1H/t21-,24-;4-;/m00./s1. The number of aliphatic imine (C=N–C) groups is 1. The van der Waals surface area contributed by atoms with Crippen molar-refractivity contribution in [2.24, 2.45) is 22.4 Å². The highest BCUT2D eigenvalue weighted by Crippen LogP contribution is 2.42. The largest absolute Gasteiger partial charge is 0.487 e. The number of benzene rings is 1. The molecule has 0 radical (unpaired) electrons. The Balaban J connectivity index is 0.00000227. The first-order chi connectivity index (χ1) is 25.8. The number of Topliss-reactive ketones (excluding diaryl/α,β-unsaturated/α-hetero) is 1. The van der Waals surface area contributed by atoms with Crippen LogP contribution < -0.4 is 36.8 Å². The summed E-state index contributed by atoms with van der Waals surface area (Å²) in [5.41, 5.74) is 13.7. The van der Waals surface area contributed by atoms with E-state index in [0.29, 0.717) is 17.5 Å². The van der Waals surface area contributed by atoms with Gasteiger partial charge in [-0.25, -0.2) is 13.1 Å². The number of nitrogens with zero attached hydrogens (tertiary/aromatic N) is 2. The highest BCUT2D eigenvalue weighted by molar-refractivity contribution is 14.0. The second kappa shape index (κ2) is 24.4. The van der Waals surface area contributed by atoms with Crippen molar-refractivity contribution in [1.82, 2.24) is 25.5 Å². The van der Waals surface area contributed by atoms with Crippen LogP contribution in [-0.2, 0) is 45.2 Å². The number of hydrogen-bond donors (Lipinski definition) is 8. The first-order valence-corrected chi connectivity index (χ1v) is 19.7. The lowest BCUT2D eigenvalue weighted by molar-refractivity contribution is -0.143. The number of rotatable bonds is 19. The van der Waals surface area contributed by atoms with E-state index in [4.69, 9.17) is 21.2 Å². The number of sulfonamides is 1. The number of carbonyl (C=O) groups excluding carboxylic acids is 4. The summed E-state index contributed by atoms with van der Waals surface area (Å²) in [6, 6.07) is -1.68. The zero-order valence-electron chi connectivity index (χ0n) is 34.6. The Morgan fingerprint density at radius 3 is 2.21 bits per heavy atom. The molecule has 0 saturated heterocycles. The van der Waals surface area contributed by atoms with Crippen molar-refractivity contribution in [3.05, 3.63) is 22.3 Å². The van der Waals surface area contributed by atoms with Crippen molar-refractivity contribution in [2.75, 3.05) is 47.4 Å². The average molecular weight is 941 g/mol. The van der Waals surface area contributed by atoms with Crippen molar-refractivity contribution in [1.29, 1.82) is 0 Å². The lowest BCUT2D eigenvalue weighted by atomic mass is 9.88. The van der Waals surface area contributed by atoms with Crippen molar-refractivity contribution in [3.63, 3.8) is 0 Å². The molecule has 0 fully saturated rings. The summed E-state index contributed by atoms with van der Waals surface area (Å²) in [6.45, 7) is 12.0. The first kappa shape index (κ1) is 53.4. The van der Waals surface area contributed by atoms with E-state index in [9.17, 15) is 37.5 Å². The molecule has 0 unspecified atom stereocenters. The van der Waals surface area contributed by atoms with Crippen LogP contribution in [0.4, 0.5) is 0 Å². The van der Waals surface area contributed by atoms with Crippen LogP contribution in [0.25, 0.3) is 0 Å². The number of aliphatic carboxylic acids is 1. The molecule has 0 bridgehead atoms. The van der Waals surface area contributed by atoms with E-state index in [-0.39, 0.29) is 97.6 Å². The van der Waals surface area contributed by atoms with E-state index in [2.05, 4.69) is 30.3 Å². The van der Waals surface area contributed by atoms with Gasteiger partial charge in [0.25, 0.3) is 10.0 Å². The molecule has 0 aromatic heterocycles. The Bertz CT molecular complexity index is 1710. The quantitative estimate of drug-likeness (QED) is 0.0221. The fourth-order valence-electron chi connectivity index (χ4n) is 5.77. The van der Waals surface area contributed by atoms with Crippen LogP contribution in [0.1, 0.15) is 68.7 Å². The second-order valence-corrected chi connectivity index (χ2v) is 16.1. The predicted molar refractivity (Wildman–Crippen MR) is 227 cm³/mol. The summed E-state index contributed by atoms with van der Waals surface area (Å²) >= 11 is 0. The number of carboxylic acids is 1. The van der Waals surface area contributed by atoms with E-state index < -0.39 is 52.9 Å². The van der Waals surface area contributed by atoms with Crippen LogP contribution in [0.2, 0.25) is 6.82 Å². The van der Waals surface area contributed by atoms with E-state index in [1.807, 2.05) is 20.8 Å². The fourth-order valence-corrected chi connectivity index (χ4v) is 7.29. The third-order valence-corrected chi connectivity index (χ3v) is 10.7. The number of methoxy groups -OCH3 is 1. The first-order valence-electron chi connectivity index (χ1n) is 18.2. The lowest BCUT2D eigenvalue weighted by Gasteiger charge is -2.35. The number of amides is 2. The Morgan fingerprint density at radius 1 is 1.07 bits per heavy atom. The van der Waals surface area contributed by atoms with Gasteiger partial charge in [-0.2, -0.15) is 0 Å². The van der Waals surface area contributed by atoms with Crippen LogP contribution in [0.3, 0.4) is 0 Å². The Labute approximate surface area is 353 Å². The zero-order chi connectivity index (χ0) is 43.1. The molecule has 1 aliphatic rings. The normalized spacial score (nSPS) is 14.9. The maximum Gasteiger partial charge on any atom is 0.373 e. The molecule has 1 heterocycles. The number of esters is 1. The van der Waals surface area contributed by atoms with E-state index in [0.717, 1.165) is 23.3 Å². The molecule has 0 aliphatic carbocycles. The van der Waals surface area contributed by atoms with Gasteiger partial charge in [0.2, 0.25) is 17.8 Å². The monoisotopic (exact) mass is 940 g/mol. The topological polar surface area (TPSA) is 294 Å². The molecule has 3 atom stereocenters. The van der Waals surface area contributed by atoms with Gasteiger partial charge >= 0.3 is 19.0 Å². The molecule has 324 valence electrons. The molecule has 0 saturated carbocycles. The second-order valence-electron chi connectivity index (χ2n) is 14.5. The number of nitrogens with two attached hydrogens (primary N) is 2. The Morgan fingerprint density at radius 2 is 1.68 bits per heavy atom. The van der Waals surface area contributed by atoms with Gasteiger partial charge in [0.15, 0.2) is 5.78 Å².